The smallest absolute Gasteiger partial charge is 0.0940 e. The monoisotopic (exact) mass is 281 g/mol. The molecule has 1 aliphatic rings. The van der Waals surface area contributed by atoms with Gasteiger partial charge in [-0.1, -0.05) is 54.6 Å². The molecule has 2 heteroatoms. The standard InChI is InChI=1S/C19H23NO/c1-14(19(21)16-9-3-2-4-10-16)20-18-13-7-11-15-8-5-6-12-17(15)18/h2-6,8-10,12,14,18-21H,7,11,13H2,1H3. The molecule has 3 atom stereocenters. The SMILES string of the molecule is CC(NC1CCCc2ccccc21)C(O)c1ccccc1. The molecular formula is C19H23NO. The highest BCUT2D eigenvalue weighted by molar-refractivity contribution is 5.32. The summed E-state index contributed by atoms with van der Waals surface area (Å²) in [6.45, 7) is 2.06. The minimum absolute atomic E-state index is 0.0311. The van der Waals surface area contributed by atoms with Gasteiger partial charge in [0.2, 0.25) is 0 Å². The maximum Gasteiger partial charge on any atom is 0.0940 e. The predicted octanol–water partition coefficient (Wildman–Crippen LogP) is 3.78. The number of hydrogen-bond donors (Lipinski definition) is 2. The summed E-state index contributed by atoms with van der Waals surface area (Å²) in [5.41, 5.74) is 3.82. The first-order chi connectivity index (χ1) is 10.3. The number of aliphatic hydroxyl groups is 1. The number of hydrogen-bond acceptors (Lipinski definition) is 2. The lowest BCUT2D eigenvalue weighted by Gasteiger charge is -2.31. The molecule has 0 saturated heterocycles. The molecule has 0 heterocycles. The van der Waals surface area contributed by atoms with Gasteiger partial charge in [-0.2, -0.15) is 0 Å². The third-order valence-electron chi connectivity index (χ3n) is 4.45. The van der Waals surface area contributed by atoms with E-state index in [1.54, 1.807) is 0 Å². The van der Waals surface area contributed by atoms with E-state index in [1.165, 1.54) is 24.0 Å². The van der Waals surface area contributed by atoms with E-state index in [0.29, 0.717) is 6.04 Å². The van der Waals surface area contributed by atoms with Crippen molar-refractivity contribution >= 4 is 0 Å². The Labute approximate surface area is 126 Å². The van der Waals surface area contributed by atoms with Gasteiger partial charge >= 0.3 is 0 Å². The van der Waals surface area contributed by atoms with Crippen LogP contribution in [0.15, 0.2) is 54.6 Å². The molecule has 0 radical (unpaired) electrons. The van der Waals surface area contributed by atoms with Crippen LogP contribution in [0.4, 0.5) is 0 Å². The van der Waals surface area contributed by atoms with Gasteiger partial charge in [0.1, 0.15) is 0 Å². The molecule has 0 aliphatic heterocycles. The van der Waals surface area contributed by atoms with Crippen LogP contribution in [-0.2, 0) is 6.42 Å². The summed E-state index contributed by atoms with van der Waals surface area (Å²) in [6.07, 6.45) is 3.05. The molecule has 1 aliphatic carbocycles. The van der Waals surface area contributed by atoms with Gasteiger partial charge in [-0.25, -0.2) is 0 Å². The summed E-state index contributed by atoms with van der Waals surface area (Å²) in [6, 6.07) is 18.9. The van der Waals surface area contributed by atoms with Crippen LogP contribution in [0, 0.1) is 0 Å². The third-order valence-corrected chi connectivity index (χ3v) is 4.45. The van der Waals surface area contributed by atoms with E-state index >= 15 is 0 Å². The molecule has 2 aromatic rings. The topological polar surface area (TPSA) is 32.3 Å². The highest BCUT2D eigenvalue weighted by Crippen LogP contribution is 2.31. The lowest BCUT2D eigenvalue weighted by atomic mass is 9.87. The molecule has 0 fully saturated rings. The number of aliphatic hydroxyl groups excluding tert-OH is 1. The maximum absolute atomic E-state index is 10.5. The second-order valence-corrected chi connectivity index (χ2v) is 5.95. The summed E-state index contributed by atoms with van der Waals surface area (Å²) in [7, 11) is 0. The van der Waals surface area contributed by atoms with Crippen molar-refractivity contribution < 1.29 is 5.11 Å². The molecule has 0 aromatic heterocycles. The third kappa shape index (κ3) is 3.17. The van der Waals surface area contributed by atoms with Crippen LogP contribution in [0.2, 0.25) is 0 Å². The number of aryl methyl sites for hydroxylation is 1. The molecule has 2 N–H and O–H groups in total. The average Bonchev–Trinajstić information content (AvgIpc) is 2.55. The number of nitrogens with one attached hydrogen (secondary N) is 1. The Balaban J connectivity index is 1.72. The van der Waals surface area contributed by atoms with E-state index in [4.69, 9.17) is 0 Å². The number of rotatable bonds is 4. The molecule has 0 amide bonds. The number of benzene rings is 2. The van der Waals surface area contributed by atoms with Crippen LogP contribution < -0.4 is 5.32 Å². The Morgan fingerprint density at radius 2 is 1.76 bits per heavy atom. The molecular weight excluding hydrogens is 258 g/mol. The zero-order valence-corrected chi connectivity index (χ0v) is 12.5. The first kappa shape index (κ1) is 14.3. The molecule has 3 unspecified atom stereocenters. The van der Waals surface area contributed by atoms with Gasteiger partial charge in [-0.15, -0.1) is 0 Å². The summed E-state index contributed by atoms with van der Waals surface area (Å²) >= 11 is 0. The van der Waals surface area contributed by atoms with Crippen molar-refractivity contribution in [2.24, 2.45) is 0 Å². The van der Waals surface area contributed by atoms with E-state index in [-0.39, 0.29) is 6.04 Å². The molecule has 0 saturated carbocycles. The Bertz CT molecular complexity index is 581. The minimum Gasteiger partial charge on any atom is -0.387 e. The van der Waals surface area contributed by atoms with Gasteiger partial charge in [0.25, 0.3) is 0 Å². The second-order valence-electron chi connectivity index (χ2n) is 5.95. The van der Waals surface area contributed by atoms with Gasteiger partial charge in [-0.3, -0.25) is 0 Å². The van der Waals surface area contributed by atoms with E-state index in [9.17, 15) is 5.11 Å². The second kappa shape index (κ2) is 6.42. The summed E-state index contributed by atoms with van der Waals surface area (Å²) in [5.74, 6) is 0. The summed E-state index contributed by atoms with van der Waals surface area (Å²) in [5, 5.41) is 14.1. The van der Waals surface area contributed by atoms with Crippen LogP contribution >= 0.6 is 0 Å². The van der Waals surface area contributed by atoms with Gasteiger partial charge in [0.05, 0.1) is 6.10 Å². The van der Waals surface area contributed by atoms with Crippen LogP contribution in [0.25, 0.3) is 0 Å². The fraction of sp³-hybridized carbons (Fsp3) is 0.368. The van der Waals surface area contributed by atoms with E-state index in [2.05, 4.69) is 36.5 Å². The van der Waals surface area contributed by atoms with Crippen LogP contribution in [0.3, 0.4) is 0 Å². The van der Waals surface area contributed by atoms with Gasteiger partial charge in [0, 0.05) is 12.1 Å². The fourth-order valence-corrected chi connectivity index (χ4v) is 3.27. The molecule has 110 valence electrons. The Kier molecular flexibility index (Phi) is 4.37. The van der Waals surface area contributed by atoms with Gasteiger partial charge < -0.3 is 10.4 Å². The quantitative estimate of drug-likeness (QED) is 0.894. The highest BCUT2D eigenvalue weighted by Gasteiger charge is 2.24. The van der Waals surface area contributed by atoms with Crippen LogP contribution in [-0.4, -0.2) is 11.1 Å². The van der Waals surface area contributed by atoms with Crippen LogP contribution in [0.5, 0.6) is 0 Å². The Morgan fingerprint density at radius 1 is 1.05 bits per heavy atom. The van der Waals surface area contributed by atoms with Crippen molar-refractivity contribution in [3.8, 4) is 0 Å². The van der Waals surface area contributed by atoms with Crippen molar-refractivity contribution in [3.63, 3.8) is 0 Å². The Hall–Kier alpha value is -1.64. The van der Waals surface area contributed by atoms with Gasteiger partial charge in [-0.05, 0) is 42.9 Å². The molecule has 2 aromatic carbocycles. The predicted molar refractivity (Wildman–Crippen MR) is 86.1 cm³/mol. The summed E-state index contributed by atoms with van der Waals surface area (Å²) < 4.78 is 0. The first-order valence-corrected chi connectivity index (χ1v) is 7.82. The largest absolute Gasteiger partial charge is 0.387 e. The van der Waals surface area contributed by atoms with E-state index < -0.39 is 6.10 Å². The maximum atomic E-state index is 10.5. The normalized spacial score (nSPS) is 20.6. The van der Waals surface area contributed by atoms with Crippen molar-refractivity contribution in [2.75, 3.05) is 0 Å². The molecule has 21 heavy (non-hydrogen) atoms. The lowest BCUT2D eigenvalue weighted by Crippen LogP contribution is -2.36. The molecule has 3 rings (SSSR count). The fourth-order valence-electron chi connectivity index (χ4n) is 3.27. The van der Waals surface area contributed by atoms with E-state index in [1.807, 2.05) is 30.3 Å². The lowest BCUT2D eigenvalue weighted by molar-refractivity contribution is 0.127. The Morgan fingerprint density at radius 3 is 2.57 bits per heavy atom. The average molecular weight is 281 g/mol. The highest BCUT2D eigenvalue weighted by atomic mass is 16.3. The zero-order valence-electron chi connectivity index (χ0n) is 12.5. The van der Waals surface area contributed by atoms with E-state index in [0.717, 1.165) is 12.0 Å². The van der Waals surface area contributed by atoms with Crippen molar-refractivity contribution in [1.29, 1.82) is 0 Å². The van der Waals surface area contributed by atoms with Gasteiger partial charge in [0.15, 0.2) is 0 Å². The summed E-state index contributed by atoms with van der Waals surface area (Å²) in [4.78, 5) is 0. The zero-order chi connectivity index (χ0) is 14.7. The van der Waals surface area contributed by atoms with Crippen molar-refractivity contribution in [2.45, 2.75) is 44.4 Å². The minimum atomic E-state index is -0.472. The molecule has 2 nitrogen and oxygen atoms in total. The molecule has 0 spiro atoms. The van der Waals surface area contributed by atoms with Crippen LogP contribution in [0.1, 0.15) is 48.6 Å². The molecule has 0 bridgehead atoms. The van der Waals surface area contributed by atoms with Crippen molar-refractivity contribution in [3.05, 3.63) is 71.3 Å². The number of fused-ring (bicyclic) bond motifs is 1. The first-order valence-electron chi connectivity index (χ1n) is 7.82. The van der Waals surface area contributed by atoms with Crippen molar-refractivity contribution in [1.82, 2.24) is 5.32 Å².